The van der Waals surface area contributed by atoms with Crippen molar-refractivity contribution in [3.05, 3.63) is 35.4 Å². The van der Waals surface area contributed by atoms with E-state index in [0.717, 1.165) is 19.5 Å². The molecule has 1 amide bonds. The van der Waals surface area contributed by atoms with Crippen molar-refractivity contribution in [2.45, 2.75) is 33.2 Å². The van der Waals surface area contributed by atoms with E-state index in [-0.39, 0.29) is 11.3 Å². The molecule has 1 aliphatic heterocycles. The molecule has 3 nitrogen and oxygen atoms in total. The summed E-state index contributed by atoms with van der Waals surface area (Å²) in [6.07, 6.45) is 1.50. The third-order valence-electron chi connectivity index (χ3n) is 3.67. The highest BCUT2D eigenvalue weighted by Crippen LogP contribution is 2.23. The summed E-state index contributed by atoms with van der Waals surface area (Å²) in [5.74, 6) is 0.222. The molecule has 1 heterocycles. The summed E-state index contributed by atoms with van der Waals surface area (Å²) in [7, 11) is 0. The van der Waals surface area contributed by atoms with Crippen LogP contribution in [0.1, 0.15) is 31.4 Å². The van der Waals surface area contributed by atoms with Gasteiger partial charge in [0.05, 0.1) is 0 Å². The molecule has 2 N–H and O–H groups in total. The van der Waals surface area contributed by atoms with Crippen LogP contribution in [0.15, 0.2) is 24.3 Å². The Hall–Kier alpha value is -1.35. The molecule has 0 unspecified atom stereocenters. The first kappa shape index (κ1) is 13.1. The second kappa shape index (κ2) is 5.11. The Morgan fingerprint density at radius 1 is 1.33 bits per heavy atom. The SMILES string of the molecule is CC(C)(CN)CC(=O)N1CCc2ccccc2C1. The smallest absolute Gasteiger partial charge is 0.223 e. The van der Waals surface area contributed by atoms with Gasteiger partial charge in [-0.2, -0.15) is 0 Å². The van der Waals surface area contributed by atoms with Crippen molar-refractivity contribution in [1.29, 1.82) is 0 Å². The highest BCUT2D eigenvalue weighted by Gasteiger charge is 2.26. The predicted molar refractivity (Wildman–Crippen MR) is 73.0 cm³/mol. The number of hydrogen-bond acceptors (Lipinski definition) is 2. The van der Waals surface area contributed by atoms with Crippen LogP contribution in [0.25, 0.3) is 0 Å². The Morgan fingerprint density at radius 3 is 2.67 bits per heavy atom. The Bertz CT molecular complexity index is 440. The molecule has 0 fully saturated rings. The van der Waals surface area contributed by atoms with Crippen molar-refractivity contribution in [2.24, 2.45) is 11.1 Å². The zero-order chi connectivity index (χ0) is 13.2. The number of carbonyl (C=O) groups excluding carboxylic acids is 1. The fourth-order valence-corrected chi connectivity index (χ4v) is 2.30. The summed E-state index contributed by atoms with van der Waals surface area (Å²) in [6.45, 7) is 6.21. The van der Waals surface area contributed by atoms with E-state index in [4.69, 9.17) is 5.73 Å². The Balaban J connectivity index is 2.03. The van der Waals surface area contributed by atoms with Crippen LogP contribution in [0.4, 0.5) is 0 Å². The fraction of sp³-hybridized carbons (Fsp3) is 0.533. The number of fused-ring (bicyclic) bond motifs is 1. The molecule has 1 aromatic rings. The number of amides is 1. The minimum absolute atomic E-state index is 0.103. The summed E-state index contributed by atoms with van der Waals surface area (Å²) in [6, 6.07) is 8.37. The van der Waals surface area contributed by atoms with Crippen LogP contribution < -0.4 is 5.73 Å². The zero-order valence-electron chi connectivity index (χ0n) is 11.3. The molecule has 0 saturated carbocycles. The summed E-state index contributed by atoms with van der Waals surface area (Å²) in [5, 5.41) is 0. The lowest BCUT2D eigenvalue weighted by molar-refractivity contribution is -0.134. The molecule has 0 radical (unpaired) electrons. The lowest BCUT2D eigenvalue weighted by atomic mass is 9.88. The van der Waals surface area contributed by atoms with E-state index < -0.39 is 0 Å². The summed E-state index contributed by atoms with van der Waals surface area (Å²) >= 11 is 0. The normalized spacial score (nSPS) is 15.4. The molecule has 2 rings (SSSR count). The van der Waals surface area contributed by atoms with Crippen LogP contribution in [0.5, 0.6) is 0 Å². The van der Waals surface area contributed by atoms with E-state index in [1.165, 1.54) is 11.1 Å². The molecule has 0 atom stereocenters. The van der Waals surface area contributed by atoms with Gasteiger partial charge in [-0.3, -0.25) is 4.79 Å². The molecular formula is C15H22N2O. The van der Waals surface area contributed by atoms with Crippen LogP contribution in [0, 0.1) is 5.41 Å². The van der Waals surface area contributed by atoms with Crippen LogP contribution in [-0.2, 0) is 17.8 Å². The topological polar surface area (TPSA) is 46.3 Å². The molecule has 0 spiro atoms. The number of rotatable bonds is 3. The Morgan fingerprint density at radius 2 is 2.00 bits per heavy atom. The van der Waals surface area contributed by atoms with Crippen molar-refractivity contribution < 1.29 is 4.79 Å². The standard InChI is InChI=1S/C15H22N2O/c1-15(2,11-16)9-14(18)17-8-7-12-5-3-4-6-13(12)10-17/h3-6H,7-11,16H2,1-2H3. The first-order valence-electron chi connectivity index (χ1n) is 6.56. The number of nitrogens with zero attached hydrogens (tertiary/aromatic N) is 1. The number of nitrogens with two attached hydrogens (primary N) is 1. The second-order valence-electron chi connectivity index (χ2n) is 5.88. The summed E-state index contributed by atoms with van der Waals surface area (Å²) in [4.78, 5) is 14.2. The van der Waals surface area contributed by atoms with E-state index in [9.17, 15) is 4.79 Å². The van der Waals surface area contributed by atoms with Gasteiger partial charge in [-0.25, -0.2) is 0 Å². The molecule has 0 bridgehead atoms. The van der Waals surface area contributed by atoms with E-state index in [1.807, 2.05) is 24.8 Å². The van der Waals surface area contributed by atoms with Gasteiger partial charge in [-0.15, -0.1) is 0 Å². The molecule has 0 saturated heterocycles. The summed E-state index contributed by atoms with van der Waals surface area (Å²) < 4.78 is 0. The predicted octanol–water partition coefficient (Wildman–Crippen LogP) is 1.95. The molecule has 18 heavy (non-hydrogen) atoms. The van der Waals surface area contributed by atoms with Gasteiger partial charge in [0, 0.05) is 19.5 Å². The average molecular weight is 246 g/mol. The fourth-order valence-electron chi connectivity index (χ4n) is 2.30. The second-order valence-corrected chi connectivity index (χ2v) is 5.88. The minimum atomic E-state index is -0.103. The average Bonchev–Trinajstić information content (AvgIpc) is 2.37. The van der Waals surface area contributed by atoms with E-state index in [2.05, 4.69) is 18.2 Å². The number of hydrogen-bond donors (Lipinski definition) is 1. The maximum Gasteiger partial charge on any atom is 0.223 e. The van der Waals surface area contributed by atoms with Crippen molar-refractivity contribution in [3.8, 4) is 0 Å². The highest BCUT2D eigenvalue weighted by molar-refractivity contribution is 5.77. The van der Waals surface area contributed by atoms with E-state index in [0.29, 0.717) is 13.0 Å². The maximum atomic E-state index is 12.3. The van der Waals surface area contributed by atoms with Gasteiger partial charge >= 0.3 is 0 Å². The maximum absolute atomic E-state index is 12.3. The molecule has 3 heteroatoms. The van der Waals surface area contributed by atoms with Crippen LogP contribution in [0.3, 0.4) is 0 Å². The molecule has 0 aromatic heterocycles. The van der Waals surface area contributed by atoms with E-state index in [1.54, 1.807) is 0 Å². The molecule has 1 aromatic carbocycles. The minimum Gasteiger partial charge on any atom is -0.338 e. The van der Waals surface area contributed by atoms with E-state index >= 15 is 0 Å². The molecule has 1 aliphatic rings. The molecule has 0 aliphatic carbocycles. The zero-order valence-corrected chi connectivity index (χ0v) is 11.3. The number of carbonyl (C=O) groups is 1. The third kappa shape index (κ3) is 2.91. The molecule has 98 valence electrons. The van der Waals surface area contributed by atoms with Crippen molar-refractivity contribution in [1.82, 2.24) is 4.90 Å². The van der Waals surface area contributed by atoms with Gasteiger partial charge in [-0.1, -0.05) is 38.1 Å². The lowest BCUT2D eigenvalue weighted by Gasteiger charge is -2.32. The summed E-state index contributed by atoms with van der Waals surface area (Å²) in [5.41, 5.74) is 8.24. The van der Waals surface area contributed by atoms with Crippen molar-refractivity contribution >= 4 is 5.91 Å². The Kier molecular flexibility index (Phi) is 3.71. The van der Waals surface area contributed by atoms with Gasteiger partial charge in [0.15, 0.2) is 0 Å². The number of benzene rings is 1. The van der Waals surface area contributed by atoms with Gasteiger partial charge in [-0.05, 0) is 29.5 Å². The lowest BCUT2D eigenvalue weighted by Crippen LogP contribution is -2.39. The van der Waals surface area contributed by atoms with Crippen LogP contribution in [0.2, 0.25) is 0 Å². The quantitative estimate of drug-likeness (QED) is 0.886. The van der Waals surface area contributed by atoms with Crippen LogP contribution >= 0.6 is 0 Å². The first-order chi connectivity index (χ1) is 8.52. The van der Waals surface area contributed by atoms with Gasteiger partial charge < -0.3 is 10.6 Å². The van der Waals surface area contributed by atoms with Crippen LogP contribution in [-0.4, -0.2) is 23.9 Å². The molecular weight excluding hydrogens is 224 g/mol. The third-order valence-corrected chi connectivity index (χ3v) is 3.67. The van der Waals surface area contributed by atoms with Crippen molar-refractivity contribution in [2.75, 3.05) is 13.1 Å². The van der Waals surface area contributed by atoms with Gasteiger partial charge in [0.25, 0.3) is 0 Å². The first-order valence-corrected chi connectivity index (χ1v) is 6.56. The van der Waals surface area contributed by atoms with Crippen molar-refractivity contribution in [3.63, 3.8) is 0 Å². The van der Waals surface area contributed by atoms with Gasteiger partial charge in [0.1, 0.15) is 0 Å². The van der Waals surface area contributed by atoms with Gasteiger partial charge in [0.2, 0.25) is 5.91 Å². The monoisotopic (exact) mass is 246 g/mol. The highest BCUT2D eigenvalue weighted by atomic mass is 16.2. The largest absolute Gasteiger partial charge is 0.338 e. The Labute approximate surface area is 109 Å².